The van der Waals surface area contributed by atoms with Gasteiger partial charge in [-0.3, -0.25) is 9.59 Å². The van der Waals surface area contributed by atoms with Gasteiger partial charge in [0.15, 0.2) is 0 Å². The summed E-state index contributed by atoms with van der Waals surface area (Å²) in [5, 5.41) is 9.12. The van der Waals surface area contributed by atoms with E-state index in [0.717, 1.165) is 0 Å². The molecule has 3 N–H and O–H groups in total. The second kappa shape index (κ2) is 5.51. The maximum absolute atomic E-state index is 11.2. The minimum atomic E-state index is -0.944. The third-order valence-electron chi connectivity index (χ3n) is 2.26. The Morgan fingerprint density at radius 2 is 1.88 bits per heavy atom. The van der Waals surface area contributed by atoms with E-state index in [0.29, 0.717) is 10.6 Å². The van der Waals surface area contributed by atoms with Crippen LogP contribution in [-0.2, 0) is 9.59 Å². The third kappa shape index (κ3) is 3.55. The number of halogens is 1. The Morgan fingerprint density at radius 3 is 2.31 bits per heavy atom. The summed E-state index contributed by atoms with van der Waals surface area (Å²) >= 11 is 5.71. The molecule has 1 rings (SSSR count). The number of hydrogen-bond donors (Lipinski definition) is 2. The van der Waals surface area contributed by atoms with Crippen molar-refractivity contribution in [1.29, 1.82) is 0 Å². The fourth-order valence-corrected chi connectivity index (χ4v) is 1.56. The molecule has 0 aliphatic carbocycles. The molecule has 0 heterocycles. The van der Waals surface area contributed by atoms with Crippen LogP contribution in [0.25, 0.3) is 0 Å². The zero-order valence-corrected chi connectivity index (χ0v) is 9.28. The highest BCUT2D eigenvalue weighted by atomic mass is 35.5. The quantitative estimate of drug-likeness (QED) is 0.825. The average Bonchev–Trinajstić information content (AvgIpc) is 2.20. The van der Waals surface area contributed by atoms with Crippen LogP contribution in [0.2, 0.25) is 5.02 Å². The van der Waals surface area contributed by atoms with Crippen molar-refractivity contribution < 1.29 is 14.7 Å². The van der Waals surface area contributed by atoms with E-state index in [4.69, 9.17) is 22.4 Å². The molecule has 0 bridgehead atoms. The van der Waals surface area contributed by atoms with E-state index in [1.807, 2.05) is 0 Å². The molecular formula is C11H12ClNO3. The lowest BCUT2D eigenvalue weighted by Gasteiger charge is -2.12. The first-order chi connectivity index (χ1) is 7.50. The van der Waals surface area contributed by atoms with Gasteiger partial charge in [0.05, 0.1) is 5.92 Å². The predicted octanol–water partition coefficient (Wildman–Crippen LogP) is 1.77. The molecule has 16 heavy (non-hydrogen) atoms. The van der Waals surface area contributed by atoms with Crippen LogP contribution in [0.1, 0.15) is 24.3 Å². The van der Waals surface area contributed by atoms with E-state index in [1.54, 1.807) is 24.3 Å². The summed E-state index contributed by atoms with van der Waals surface area (Å²) in [6.07, 6.45) is 0.114. The molecule has 4 nitrogen and oxygen atoms in total. The summed E-state index contributed by atoms with van der Waals surface area (Å²) in [6.45, 7) is 0. The Kier molecular flexibility index (Phi) is 4.31. The zero-order chi connectivity index (χ0) is 12.1. The highest BCUT2D eigenvalue weighted by Gasteiger charge is 2.18. The van der Waals surface area contributed by atoms with E-state index in [2.05, 4.69) is 0 Å². The van der Waals surface area contributed by atoms with Crippen molar-refractivity contribution in [3.63, 3.8) is 0 Å². The van der Waals surface area contributed by atoms with Gasteiger partial charge in [0.1, 0.15) is 0 Å². The Bertz CT molecular complexity index is 389. The first-order valence-electron chi connectivity index (χ1n) is 4.77. The molecule has 0 spiro atoms. The normalized spacial score (nSPS) is 12.1. The lowest BCUT2D eigenvalue weighted by atomic mass is 9.94. The van der Waals surface area contributed by atoms with Gasteiger partial charge in [0, 0.05) is 11.4 Å². The van der Waals surface area contributed by atoms with Crippen LogP contribution in [0.3, 0.4) is 0 Å². The maximum Gasteiger partial charge on any atom is 0.303 e. The van der Waals surface area contributed by atoms with Gasteiger partial charge in [0.25, 0.3) is 0 Å². The van der Waals surface area contributed by atoms with Gasteiger partial charge < -0.3 is 10.8 Å². The van der Waals surface area contributed by atoms with Crippen LogP contribution in [0.15, 0.2) is 24.3 Å². The molecule has 0 aliphatic heterocycles. The number of nitrogens with two attached hydrogens (primary N) is 1. The van der Waals surface area contributed by atoms with E-state index >= 15 is 0 Å². The molecule has 0 radical (unpaired) electrons. The van der Waals surface area contributed by atoms with Crippen molar-refractivity contribution in [1.82, 2.24) is 0 Å². The lowest BCUT2D eigenvalue weighted by Crippen LogP contribution is -2.22. The zero-order valence-electron chi connectivity index (χ0n) is 8.52. The third-order valence-corrected chi connectivity index (χ3v) is 2.51. The number of carboxylic acid groups (broad SMARTS) is 1. The fourth-order valence-electron chi connectivity index (χ4n) is 1.44. The molecule has 0 aromatic heterocycles. The van der Waals surface area contributed by atoms with Gasteiger partial charge in [-0.2, -0.15) is 0 Å². The molecule has 1 aromatic rings. The minimum Gasteiger partial charge on any atom is -0.481 e. The number of carboxylic acids is 1. The average molecular weight is 242 g/mol. The molecule has 0 saturated heterocycles. The number of aliphatic carboxylic acids is 1. The fraction of sp³-hybridized carbons (Fsp3) is 0.273. The SMILES string of the molecule is NC(=O)C(CCC(=O)O)c1ccc(Cl)cc1. The number of carbonyl (C=O) groups excluding carboxylic acids is 1. The van der Waals surface area contributed by atoms with Crippen LogP contribution in [0.4, 0.5) is 0 Å². The first-order valence-corrected chi connectivity index (χ1v) is 5.15. The van der Waals surface area contributed by atoms with Crippen molar-refractivity contribution in [3.05, 3.63) is 34.9 Å². The van der Waals surface area contributed by atoms with Crippen LogP contribution in [-0.4, -0.2) is 17.0 Å². The molecule has 1 aromatic carbocycles. The summed E-state index contributed by atoms with van der Waals surface area (Å²) in [5.74, 6) is -2.04. The lowest BCUT2D eigenvalue weighted by molar-refractivity contribution is -0.137. The van der Waals surface area contributed by atoms with Crippen LogP contribution in [0, 0.1) is 0 Å². The number of benzene rings is 1. The molecule has 0 fully saturated rings. The van der Waals surface area contributed by atoms with Crippen molar-refractivity contribution in [2.75, 3.05) is 0 Å². The molecule has 86 valence electrons. The molecule has 0 saturated carbocycles. The Labute approximate surface area is 98.0 Å². The summed E-state index contributed by atoms with van der Waals surface area (Å²) < 4.78 is 0. The van der Waals surface area contributed by atoms with Gasteiger partial charge in [-0.15, -0.1) is 0 Å². The van der Waals surface area contributed by atoms with Crippen molar-refractivity contribution in [3.8, 4) is 0 Å². The van der Waals surface area contributed by atoms with E-state index < -0.39 is 17.8 Å². The molecule has 1 unspecified atom stereocenters. The Morgan fingerprint density at radius 1 is 1.31 bits per heavy atom. The second-order valence-electron chi connectivity index (χ2n) is 3.44. The van der Waals surface area contributed by atoms with Crippen LogP contribution < -0.4 is 5.73 Å². The number of hydrogen-bond acceptors (Lipinski definition) is 2. The molecule has 0 aliphatic rings. The predicted molar refractivity (Wildman–Crippen MR) is 60.3 cm³/mol. The Balaban J connectivity index is 2.81. The van der Waals surface area contributed by atoms with Gasteiger partial charge >= 0.3 is 5.97 Å². The number of carbonyl (C=O) groups is 2. The van der Waals surface area contributed by atoms with Gasteiger partial charge in [0.2, 0.25) is 5.91 Å². The highest BCUT2D eigenvalue weighted by molar-refractivity contribution is 6.30. The van der Waals surface area contributed by atoms with Gasteiger partial charge in [-0.1, -0.05) is 23.7 Å². The van der Waals surface area contributed by atoms with Crippen molar-refractivity contribution >= 4 is 23.5 Å². The summed E-state index contributed by atoms with van der Waals surface area (Å²) in [5.41, 5.74) is 5.92. The first kappa shape index (κ1) is 12.5. The number of rotatable bonds is 5. The van der Waals surface area contributed by atoms with Crippen LogP contribution >= 0.6 is 11.6 Å². The van der Waals surface area contributed by atoms with Crippen molar-refractivity contribution in [2.24, 2.45) is 5.73 Å². The summed E-state index contributed by atoms with van der Waals surface area (Å²) in [6, 6.07) is 6.65. The number of amides is 1. The Hall–Kier alpha value is -1.55. The molecule has 1 atom stereocenters. The largest absolute Gasteiger partial charge is 0.481 e. The van der Waals surface area contributed by atoms with Crippen molar-refractivity contribution in [2.45, 2.75) is 18.8 Å². The van der Waals surface area contributed by atoms with E-state index in [-0.39, 0.29) is 12.8 Å². The smallest absolute Gasteiger partial charge is 0.303 e. The molecule has 5 heteroatoms. The van der Waals surface area contributed by atoms with Crippen LogP contribution in [0.5, 0.6) is 0 Å². The molecular weight excluding hydrogens is 230 g/mol. The number of primary amides is 1. The maximum atomic E-state index is 11.2. The van der Waals surface area contributed by atoms with Gasteiger partial charge in [-0.25, -0.2) is 0 Å². The second-order valence-corrected chi connectivity index (χ2v) is 3.88. The summed E-state index contributed by atoms with van der Waals surface area (Å²) in [7, 11) is 0. The standard InChI is InChI=1S/C11H12ClNO3/c12-8-3-1-7(2-4-8)9(11(13)16)5-6-10(14)15/h1-4,9H,5-6H2,(H2,13,16)(H,14,15). The van der Waals surface area contributed by atoms with E-state index in [9.17, 15) is 9.59 Å². The topological polar surface area (TPSA) is 80.4 Å². The van der Waals surface area contributed by atoms with E-state index in [1.165, 1.54) is 0 Å². The highest BCUT2D eigenvalue weighted by Crippen LogP contribution is 2.22. The van der Waals surface area contributed by atoms with Gasteiger partial charge in [-0.05, 0) is 24.1 Å². The summed E-state index contributed by atoms with van der Waals surface area (Å²) in [4.78, 5) is 21.6. The molecule has 1 amide bonds. The minimum absolute atomic E-state index is 0.0871. The monoisotopic (exact) mass is 241 g/mol.